The van der Waals surface area contributed by atoms with Gasteiger partial charge in [0.2, 0.25) is 0 Å². The SMILES string of the molecule is ClC(=Nc1cccc(/N=C(\Cl)c2ccccc2)n1)c1ccccc1. The van der Waals surface area contributed by atoms with Crippen LogP contribution in [0.5, 0.6) is 0 Å². The van der Waals surface area contributed by atoms with Gasteiger partial charge in [-0.3, -0.25) is 0 Å². The summed E-state index contributed by atoms with van der Waals surface area (Å²) in [7, 11) is 0. The lowest BCUT2D eigenvalue weighted by Crippen LogP contribution is -1.91. The Bertz CT molecular complexity index is 805. The quantitative estimate of drug-likeness (QED) is 0.553. The number of pyridine rings is 1. The van der Waals surface area contributed by atoms with Gasteiger partial charge in [-0.2, -0.15) is 0 Å². The molecule has 3 rings (SSSR count). The van der Waals surface area contributed by atoms with Gasteiger partial charge in [-0.15, -0.1) is 0 Å². The normalized spacial score (nSPS) is 12.2. The van der Waals surface area contributed by atoms with E-state index in [0.29, 0.717) is 22.0 Å². The third-order valence-electron chi connectivity index (χ3n) is 3.17. The van der Waals surface area contributed by atoms with Crippen molar-refractivity contribution >= 4 is 45.2 Å². The number of nitrogens with zero attached hydrogens (tertiary/aromatic N) is 3. The van der Waals surface area contributed by atoms with Crippen LogP contribution in [0.3, 0.4) is 0 Å². The van der Waals surface area contributed by atoms with Crippen LogP contribution in [0.15, 0.2) is 88.8 Å². The molecule has 0 aliphatic carbocycles. The molecule has 0 atom stereocenters. The predicted molar refractivity (Wildman–Crippen MR) is 101 cm³/mol. The van der Waals surface area contributed by atoms with Gasteiger partial charge in [0.05, 0.1) is 0 Å². The second-order valence-corrected chi connectivity index (χ2v) is 5.61. The number of rotatable bonds is 4. The van der Waals surface area contributed by atoms with E-state index in [1.54, 1.807) is 12.1 Å². The number of halogens is 2. The van der Waals surface area contributed by atoms with E-state index in [9.17, 15) is 0 Å². The van der Waals surface area contributed by atoms with E-state index in [4.69, 9.17) is 23.2 Å². The molecule has 0 bridgehead atoms. The van der Waals surface area contributed by atoms with Crippen LogP contribution in [0.25, 0.3) is 0 Å². The smallest absolute Gasteiger partial charge is 0.156 e. The Hall–Kier alpha value is -2.49. The van der Waals surface area contributed by atoms with Crippen molar-refractivity contribution in [2.45, 2.75) is 0 Å². The Kier molecular flexibility index (Phi) is 5.36. The van der Waals surface area contributed by atoms with Crippen molar-refractivity contribution in [3.63, 3.8) is 0 Å². The first-order chi connectivity index (χ1) is 11.7. The van der Waals surface area contributed by atoms with Crippen molar-refractivity contribution in [3.8, 4) is 0 Å². The fraction of sp³-hybridized carbons (Fsp3) is 0. The lowest BCUT2D eigenvalue weighted by atomic mass is 10.2. The fourth-order valence-corrected chi connectivity index (χ4v) is 2.44. The number of benzene rings is 2. The lowest BCUT2D eigenvalue weighted by molar-refractivity contribution is 1.24. The molecule has 5 heteroatoms. The number of hydrogen-bond donors (Lipinski definition) is 0. The molecule has 0 radical (unpaired) electrons. The first-order valence-corrected chi connectivity index (χ1v) is 8.04. The van der Waals surface area contributed by atoms with Gasteiger partial charge in [0.25, 0.3) is 0 Å². The largest absolute Gasteiger partial charge is 0.216 e. The van der Waals surface area contributed by atoms with Gasteiger partial charge < -0.3 is 0 Å². The van der Waals surface area contributed by atoms with Crippen LogP contribution >= 0.6 is 23.2 Å². The molecule has 1 heterocycles. The van der Waals surface area contributed by atoms with Gasteiger partial charge >= 0.3 is 0 Å². The van der Waals surface area contributed by atoms with Gasteiger partial charge in [-0.25, -0.2) is 15.0 Å². The Morgan fingerprint density at radius 3 is 1.42 bits per heavy atom. The standard InChI is InChI=1S/C19H13Cl2N3/c20-18(14-8-3-1-4-9-14)23-16-12-7-13-17(22-16)24-19(21)15-10-5-2-6-11-15/h1-13H/b23-18-,24-19?. The molecule has 0 amide bonds. The van der Waals surface area contributed by atoms with Gasteiger partial charge in [0, 0.05) is 11.1 Å². The van der Waals surface area contributed by atoms with E-state index in [-0.39, 0.29) is 0 Å². The number of hydrogen-bond acceptors (Lipinski definition) is 3. The first kappa shape index (κ1) is 16.4. The zero-order valence-electron chi connectivity index (χ0n) is 12.6. The zero-order chi connectivity index (χ0) is 16.8. The summed E-state index contributed by atoms with van der Waals surface area (Å²) in [6.07, 6.45) is 0. The van der Waals surface area contributed by atoms with E-state index in [1.165, 1.54) is 0 Å². The summed E-state index contributed by atoms with van der Waals surface area (Å²) in [4.78, 5) is 13.0. The summed E-state index contributed by atoms with van der Waals surface area (Å²) in [6, 6.07) is 24.4. The van der Waals surface area contributed by atoms with Crippen LogP contribution in [-0.4, -0.2) is 15.3 Å². The fourth-order valence-electron chi connectivity index (χ4n) is 2.02. The summed E-state index contributed by atoms with van der Waals surface area (Å²) in [6.45, 7) is 0. The van der Waals surface area contributed by atoms with Crippen LogP contribution in [-0.2, 0) is 0 Å². The van der Waals surface area contributed by atoms with Crippen LogP contribution in [0.1, 0.15) is 11.1 Å². The molecule has 2 aromatic carbocycles. The molecule has 0 unspecified atom stereocenters. The van der Waals surface area contributed by atoms with Crippen LogP contribution < -0.4 is 0 Å². The van der Waals surface area contributed by atoms with Gasteiger partial charge in [-0.05, 0) is 12.1 Å². The topological polar surface area (TPSA) is 37.6 Å². The average molecular weight is 354 g/mol. The summed E-state index contributed by atoms with van der Waals surface area (Å²) in [5.74, 6) is 0.949. The molecule has 0 saturated carbocycles. The maximum Gasteiger partial charge on any atom is 0.156 e. The van der Waals surface area contributed by atoms with Gasteiger partial charge in [-0.1, -0.05) is 89.9 Å². The van der Waals surface area contributed by atoms with Gasteiger partial charge in [0.1, 0.15) is 10.3 Å². The molecule has 1 aromatic heterocycles. The van der Waals surface area contributed by atoms with E-state index < -0.39 is 0 Å². The van der Waals surface area contributed by atoms with E-state index in [2.05, 4.69) is 15.0 Å². The van der Waals surface area contributed by atoms with Crippen molar-refractivity contribution in [2.24, 2.45) is 9.98 Å². The zero-order valence-corrected chi connectivity index (χ0v) is 14.1. The van der Waals surface area contributed by atoms with Gasteiger partial charge in [0.15, 0.2) is 11.6 Å². The Labute approximate surface area is 150 Å². The molecule has 24 heavy (non-hydrogen) atoms. The summed E-state index contributed by atoms with van der Waals surface area (Å²) < 4.78 is 0. The van der Waals surface area contributed by atoms with Crippen molar-refractivity contribution in [3.05, 3.63) is 90.0 Å². The summed E-state index contributed by atoms with van der Waals surface area (Å²) in [5.41, 5.74) is 1.66. The third-order valence-corrected chi connectivity index (χ3v) is 3.77. The van der Waals surface area contributed by atoms with Crippen molar-refractivity contribution in [2.75, 3.05) is 0 Å². The minimum atomic E-state index is 0.374. The van der Waals surface area contributed by atoms with Crippen LogP contribution in [0.2, 0.25) is 0 Å². The molecular weight excluding hydrogens is 341 g/mol. The molecule has 0 spiro atoms. The van der Waals surface area contributed by atoms with Crippen molar-refractivity contribution < 1.29 is 0 Å². The molecular formula is C19H13Cl2N3. The molecule has 0 N–H and O–H groups in total. The minimum absolute atomic E-state index is 0.374. The van der Waals surface area contributed by atoms with Crippen LogP contribution in [0.4, 0.5) is 11.6 Å². The highest BCUT2D eigenvalue weighted by molar-refractivity contribution is 6.70. The Morgan fingerprint density at radius 1 is 0.583 bits per heavy atom. The maximum absolute atomic E-state index is 6.24. The maximum atomic E-state index is 6.24. The first-order valence-electron chi connectivity index (χ1n) is 7.28. The van der Waals surface area contributed by atoms with E-state index in [0.717, 1.165) is 11.1 Å². The highest BCUT2D eigenvalue weighted by atomic mass is 35.5. The summed E-state index contributed by atoms with van der Waals surface area (Å²) in [5, 5.41) is 0.747. The Balaban J connectivity index is 1.87. The monoisotopic (exact) mass is 353 g/mol. The molecule has 0 fully saturated rings. The summed E-state index contributed by atoms with van der Waals surface area (Å²) >= 11 is 12.5. The second kappa shape index (κ2) is 7.86. The molecule has 3 nitrogen and oxygen atoms in total. The Morgan fingerprint density at radius 2 is 1.00 bits per heavy atom. The van der Waals surface area contributed by atoms with Crippen LogP contribution in [0, 0.1) is 0 Å². The van der Waals surface area contributed by atoms with E-state index in [1.807, 2.05) is 66.7 Å². The molecule has 0 aliphatic rings. The lowest BCUT2D eigenvalue weighted by Gasteiger charge is -2.01. The second-order valence-electron chi connectivity index (χ2n) is 4.89. The minimum Gasteiger partial charge on any atom is -0.216 e. The third kappa shape index (κ3) is 4.28. The average Bonchev–Trinajstić information content (AvgIpc) is 2.63. The predicted octanol–water partition coefficient (Wildman–Crippen LogP) is 5.72. The van der Waals surface area contributed by atoms with E-state index >= 15 is 0 Å². The van der Waals surface area contributed by atoms with Crippen molar-refractivity contribution in [1.82, 2.24) is 4.98 Å². The molecule has 118 valence electrons. The number of aromatic nitrogens is 1. The molecule has 3 aromatic rings. The highest BCUT2D eigenvalue weighted by Crippen LogP contribution is 2.19. The molecule has 0 saturated heterocycles. The number of aliphatic imine (C=N–C) groups is 2. The van der Waals surface area contributed by atoms with Crippen molar-refractivity contribution in [1.29, 1.82) is 0 Å². The molecule has 0 aliphatic heterocycles. The highest BCUT2D eigenvalue weighted by Gasteiger charge is 2.03.